The number of aromatic nitrogens is 3. The van der Waals surface area contributed by atoms with Gasteiger partial charge in [0.05, 0.1) is 18.8 Å². The molecule has 3 aromatic rings. The molecule has 0 aliphatic heterocycles. The van der Waals surface area contributed by atoms with Gasteiger partial charge in [-0.1, -0.05) is 32.9 Å². The van der Waals surface area contributed by atoms with Crippen LogP contribution in [0, 0.1) is 12.3 Å². The van der Waals surface area contributed by atoms with E-state index >= 15 is 0 Å². The van der Waals surface area contributed by atoms with Gasteiger partial charge in [0.25, 0.3) is 5.56 Å². The van der Waals surface area contributed by atoms with E-state index in [9.17, 15) is 9.59 Å². The van der Waals surface area contributed by atoms with Gasteiger partial charge in [0.2, 0.25) is 5.91 Å². The summed E-state index contributed by atoms with van der Waals surface area (Å²) in [6.07, 6.45) is 0.407. The van der Waals surface area contributed by atoms with Crippen molar-refractivity contribution >= 4 is 11.6 Å². The summed E-state index contributed by atoms with van der Waals surface area (Å²) in [6.45, 7) is 7.48. The molecule has 0 radical (unpaired) electrons. The van der Waals surface area contributed by atoms with Gasteiger partial charge in [0.15, 0.2) is 5.65 Å². The minimum Gasteiger partial charge on any atom is -0.497 e. The number of nitrogens with one attached hydrogen (secondary N) is 2. The van der Waals surface area contributed by atoms with Crippen molar-refractivity contribution in [3.05, 3.63) is 63.7 Å². The molecule has 0 spiro atoms. The molecule has 1 amide bonds. The number of aryl methyl sites for hydroxylation is 1. The van der Waals surface area contributed by atoms with Gasteiger partial charge in [0, 0.05) is 29.7 Å². The minimum atomic E-state index is -0.528. The molecule has 0 bridgehead atoms. The topological polar surface area (TPSA) is 88.5 Å². The molecule has 0 fully saturated rings. The second-order valence-corrected chi connectivity index (χ2v) is 7.97. The highest BCUT2D eigenvalue weighted by Crippen LogP contribution is 2.23. The summed E-state index contributed by atoms with van der Waals surface area (Å²) in [7, 11) is 1.61. The standard InChI is InChI=1S/C21H26N4O3/c1-13-10-18-22-15(12-19(26)25(18)24-13)11-17(23-20(27)21(2,3)4)14-6-8-16(28-5)9-7-14/h6-10,12,17,24H,11H2,1-5H3,(H,23,27). The molecule has 2 aromatic heterocycles. The zero-order chi connectivity index (χ0) is 20.5. The number of aromatic amines is 1. The molecule has 7 nitrogen and oxygen atoms in total. The van der Waals surface area contributed by atoms with Crippen LogP contribution in [-0.2, 0) is 11.2 Å². The van der Waals surface area contributed by atoms with Gasteiger partial charge in [-0.25, -0.2) is 9.50 Å². The number of carbonyl (C=O) groups excluding carboxylic acids is 1. The predicted octanol–water partition coefficient (Wildman–Crippen LogP) is 2.79. The second-order valence-electron chi connectivity index (χ2n) is 7.97. The third-order valence-electron chi connectivity index (χ3n) is 4.55. The molecule has 0 aliphatic rings. The lowest BCUT2D eigenvalue weighted by molar-refractivity contribution is -0.129. The first-order valence-corrected chi connectivity index (χ1v) is 9.20. The molecular formula is C21H26N4O3. The fourth-order valence-corrected chi connectivity index (χ4v) is 2.94. The van der Waals surface area contributed by atoms with Gasteiger partial charge in [-0.2, -0.15) is 0 Å². The van der Waals surface area contributed by atoms with Crippen LogP contribution >= 0.6 is 0 Å². The lowest BCUT2D eigenvalue weighted by Crippen LogP contribution is -2.38. The van der Waals surface area contributed by atoms with E-state index in [1.54, 1.807) is 7.11 Å². The van der Waals surface area contributed by atoms with Crippen LogP contribution < -0.4 is 15.6 Å². The monoisotopic (exact) mass is 382 g/mol. The summed E-state index contributed by atoms with van der Waals surface area (Å²) in [5, 5.41) is 6.06. The van der Waals surface area contributed by atoms with Crippen molar-refractivity contribution in [2.75, 3.05) is 7.11 Å². The fourth-order valence-electron chi connectivity index (χ4n) is 2.94. The number of ether oxygens (including phenoxy) is 1. The zero-order valence-corrected chi connectivity index (χ0v) is 16.9. The Morgan fingerprint density at radius 3 is 2.54 bits per heavy atom. The molecular weight excluding hydrogens is 356 g/mol. The lowest BCUT2D eigenvalue weighted by Gasteiger charge is -2.25. The number of carbonyl (C=O) groups is 1. The SMILES string of the molecule is COc1ccc(C(Cc2cc(=O)n3[nH]c(C)cc3n2)NC(=O)C(C)(C)C)cc1. The summed E-state index contributed by atoms with van der Waals surface area (Å²) in [6, 6.07) is 10.5. The molecule has 1 atom stereocenters. The van der Waals surface area contributed by atoms with Crippen LogP contribution in [0.4, 0.5) is 0 Å². The number of hydrogen-bond donors (Lipinski definition) is 2. The number of H-pyrrole nitrogens is 1. The Balaban J connectivity index is 1.96. The number of benzene rings is 1. The largest absolute Gasteiger partial charge is 0.497 e. The van der Waals surface area contributed by atoms with Crippen LogP contribution in [0.2, 0.25) is 0 Å². The van der Waals surface area contributed by atoms with Crippen LogP contribution in [0.3, 0.4) is 0 Å². The fraction of sp³-hybridized carbons (Fsp3) is 0.381. The van der Waals surface area contributed by atoms with Crippen molar-refractivity contribution in [1.29, 1.82) is 0 Å². The highest BCUT2D eigenvalue weighted by Gasteiger charge is 2.25. The Labute approximate surface area is 163 Å². The predicted molar refractivity (Wildman–Crippen MR) is 108 cm³/mol. The highest BCUT2D eigenvalue weighted by atomic mass is 16.5. The quantitative estimate of drug-likeness (QED) is 0.710. The van der Waals surface area contributed by atoms with Gasteiger partial charge < -0.3 is 10.1 Å². The number of rotatable bonds is 5. The third kappa shape index (κ3) is 4.24. The van der Waals surface area contributed by atoms with Crippen LogP contribution in [0.15, 0.2) is 41.2 Å². The van der Waals surface area contributed by atoms with Crippen LogP contribution in [0.25, 0.3) is 5.65 Å². The van der Waals surface area contributed by atoms with Crippen LogP contribution in [-0.4, -0.2) is 27.6 Å². The van der Waals surface area contributed by atoms with Gasteiger partial charge in [-0.05, 0) is 24.6 Å². The third-order valence-corrected chi connectivity index (χ3v) is 4.55. The maximum atomic E-state index is 12.6. The summed E-state index contributed by atoms with van der Waals surface area (Å²) >= 11 is 0. The summed E-state index contributed by atoms with van der Waals surface area (Å²) in [5.74, 6) is 0.675. The molecule has 3 rings (SSSR count). The first-order valence-electron chi connectivity index (χ1n) is 9.20. The Morgan fingerprint density at radius 1 is 1.25 bits per heavy atom. The molecule has 1 unspecified atom stereocenters. The van der Waals surface area contributed by atoms with E-state index < -0.39 is 5.41 Å². The van der Waals surface area contributed by atoms with Crippen molar-refractivity contribution in [2.45, 2.75) is 40.2 Å². The molecule has 0 aliphatic carbocycles. The normalized spacial score (nSPS) is 12.8. The van der Waals surface area contributed by atoms with E-state index in [-0.39, 0.29) is 17.5 Å². The van der Waals surface area contributed by atoms with Gasteiger partial charge in [-0.15, -0.1) is 0 Å². The molecule has 1 aromatic carbocycles. The molecule has 7 heteroatoms. The Kier molecular flexibility index (Phi) is 5.27. The summed E-state index contributed by atoms with van der Waals surface area (Å²) in [5.41, 5.74) is 2.26. The minimum absolute atomic E-state index is 0.0661. The van der Waals surface area contributed by atoms with Crippen molar-refractivity contribution < 1.29 is 9.53 Å². The highest BCUT2D eigenvalue weighted by molar-refractivity contribution is 5.81. The molecule has 0 saturated carbocycles. The molecule has 0 saturated heterocycles. The van der Waals surface area contributed by atoms with Gasteiger partial charge in [0.1, 0.15) is 5.75 Å². The average Bonchev–Trinajstić information content (AvgIpc) is 3.01. The summed E-state index contributed by atoms with van der Waals surface area (Å²) in [4.78, 5) is 29.6. The zero-order valence-electron chi connectivity index (χ0n) is 16.9. The van der Waals surface area contributed by atoms with Crippen molar-refractivity contribution in [3.8, 4) is 5.75 Å². The number of methoxy groups -OCH3 is 1. The molecule has 148 valence electrons. The Hall–Kier alpha value is -3.09. The molecule has 28 heavy (non-hydrogen) atoms. The van der Waals surface area contributed by atoms with Crippen LogP contribution in [0.5, 0.6) is 5.75 Å². The Morgan fingerprint density at radius 2 is 1.93 bits per heavy atom. The van der Waals surface area contributed by atoms with Crippen LogP contribution in [0.1, 0.15) is 43.8 Å². The molecule has 2 N–H and O–H groups in total. The smallest absolute Gasteiger partial charge is 0.272 e. The number of hydrogen-bond acceptors (Lipinski definition) is 4. The van der Waals surface area contributed by atoms with Gasteiger partial charge >= 0.3 is 0 Å². The van der Waals surface area contributed by atoms with E-state index in [1.807, 2.05) is 58.0 Å². The molecule has 2 heterocycles. The van der Waals surface area contributed by atoms with E-state index in [2.05, 4.69) is 15.4 Å². The Bertz CT molecular complexity index is 1040. The van der Waals surface area contributed by atoms with Gasteiger partial charge in [-0.3, -0.25) is 14.7 Å². The average molecular weight is 382 g/mol. The number of amides is 1. The van der Waals surface area contributed by atoms with E-state index in [4.69, 9.17) is 4.74 Å². The van der Waals surface area contributed by atoms with E-state index in [1.165, 1.54) is 10.6 Å². The maximum Gasteiger partial charge on any atom is 0.272 e. The van der Waals surface area contributed by atoms with E-state index in [0.717, 1.165) is 17.0 Å². The number of fused-ring (bicyclic) bond motifs is 1. The van der Waals surface area contributed by atoms with Crippen molar-refractivity contribution in [3.63, 3.8) is 0 Å². The summed E-state index contributed by atoms with van der Waals surface area (Å²) < 4.78 is 6.63. The second kappa shape index (κ2) is 7.50. The lowest BCUT2D eigenvalue weighted by atomic mass is 9.93. The number of nitrogens with zero attached hydrogens (tertiary/aromatic N) is 2. The first-order chi connectivity index (χ1) is 13.2. The first kappa shape index (κ1) is 19.7. The van der Waals surface area contributed by atoms with Crippen molar-refractivity contribution in [2.24, 2.45) is 5.41 Å². The van der Waals surface area contributed by atoms with Crippen molar-refractivity contribution in [1.82, 2.24) is 19.9 Å². The maximum absolute atomic E-state index is 12.6. The van der Waals surface area contributed by atoms with E-state index in [0.29, 0.717) is 17.8 Å².